The number of hydrogen-bond donors (Lipinski definition) is 1. The predicted molar refractivity (Wildman–Crippen MR) is 120 cm³/mol. The molecular weight excluding hydrogens is 398 g/mol. The number of anilines is 1. The van der Waals surface area contributed by atoms with Crippen LogP contribution in [-0.2, 0) is 4.79 Å². The van der Waals surface area contributed by atoms with Crippen LogP contribution in [-0.4, -0.2) is 16.5 Å². The largest absolute Gasteiger partial charge is 0.333 e. The molecule has 5 nitrogen and oxygen atoms in total. The summed E-state index contributed by atoms with van der Waals surface area (Å²) in [5, 5.41) is 3.14. The summed E-state index contributed by atoms with van der Waals surface area (Å²) in [6.07, 6.45) is 1.73. The van der Waals surface area contributed by atoms with Crippen molar-refractivity contribution in [2.75, 3.05) is 4.90 Å². The summed E-state index contributed by atoms with van der Waals surface area (Å²) in [5.41, 5.74) is 7.14. The van der Waals surface area contributed by atoms with E-state index in [4.69, 9.17) is 11.6 Å². The lowest BCUT2D eigenvalue weighted by Crippen LogP contribution is -2.30. The molecule has 0 saturated carbocycles. The quantitative estimate of drug-likeness (QED) is 0.452. The number of benzene rings is 2. The molecule has 0 spiro atoms. The normalized spacial score (nSPS) is 15.2. The summed E-state index contributed by atoms with van der Waals surface area (Å²) in [7, 11) is 0. The first-order chi connectivity index (χ1) is 14.3. The van der Waals surface area contributed by atoms with Gasteiger partial charge in [0.1, 0.15) is 5.70 Å². The first kappa shape index (κ1) is 20.0. The van der Waals surface area contributed by atoms with Crippen LogP contribution in [0.3, 0.4) is 0 Å². The van der Waals surface area contributed by atoms with Crippen molar-refractivity contribution in [3.8, 4) is 5.69 Å². The van der Waals surface area contributed by atoms with Crippen molar-refractivity contribution in [2.45, 2.75) is 27.7 Å². The number of amides is 3. The molecule has 6 heteroatoms. The standard InChI is InChI=1S/C24H22ClN3O2/c1-14-7-5-10-22(16(14)3)27-15(2)11-18(17(27)4)12-21-23(29)28(24(30)26-21)20-9-6-8-19(25)13-20/h5-13H,1-4H3,(H,26,30)/b21-12+. The summed E-state index contributed by atoms with van der Waals surface area (Å²) in [5.74, 6) is -0.404. The van der Waals surface area contributed by atoms with Gasteiger partial charge in [-0.1, -0.05) is 29.8 Å². The summed E-state index contributed by atoms with van der Waals surface area (Å²) in [6, 6.07) is 14.4. The minimum atomic E-state index is -0.489. The fraction of sp³-hybridized carbons (Fsp3) is 0.167. The van der Waals surface area contributed by atoms with E-state index >= 15 is 0 Å². The Morgan fingerprint density at radius 2 is 1.70 bits per heavy atom. The molecule has 3 amide bonds. The Hall–Kier alpha value is -3.31. The molecule has 2 aromatic carbocycles. The van der Waals surface area contributed by atoms with Crippen LogP contribution in [0.25, 0.3) is 11.8 Å². The van der Waals surface area contributed by atoms with Crippen LogP contribution in [0.5, 0.6) is 0 Å². The lowest BCUT2D eigenvalue weighted by Gasteiger charge is -2.14. The minimum Gasteiger partial charge on any atom is -0.318 e. The van der Waals surface area contributed by atoms with Crippen LogP contribution in [0.15, 0.2) is 54.2 Å². The molecule has 0 bridgehead atoms. The second kappa shape index (κ2) is 7.50. The summed E-state index contributed by atoms with van der Waals surface area (Å²) in [4.78, 5) is 26.5. The van der Waals surface area contributed by atoms with Crippen molar-refractivity contribution in [1.29, 1.82) is 0 Å². The molecule has 1 N–H and O–H groups in total. The number of carbonyl (C=O) groups excluding carboxylic acids is 2. The first-order valence-corrected chi connectivity index (χ1v) is 10.0. The van der Waals surface area contributed by atoms with Crippen LogP contribution < -0.4 is 10.2 Å². The number of aryl methyl sites for hydroxylation is 2. The van der Waals surface area contributed by atoms with Crippen LogP contribution in [0.1, 0.15) is 28.1 Å². The number of halogens is 1. The maximum atomic E-state index is 12.9. The van der Waals surface area contributed by atoms with Crippen molar-refractivity contribution in [1.82, 2.24) is 9.88 Å². The van der Waals surface area contributed by atoms with E-state index in [2.05, 4.69) is 35.9 Å². The molecule has 0 atom stereocenters. The molecule has 0 radical (unpaired) electrons. The number of urea groups is 1. The number of rotatable bonds is 3. The van der Waals surface area contributed by atoms with Crippen molar-refractivity contribution in [2.24, 2.45) is 0 Å². The van der Waals surface area contributed by atoms with E-state index in [-0.39, 0.29) is 5.70 Å². The molecular formula is C24H22ClN3O2. The third-order valence-corrected chi connectivity index (χ3v) is 5.77. The average molecular weight is 420 g/mol. The molecule has 4 rings (SSSR count). The Morgan fingerprint density at radius 1 is 0.967 bits per heavy atom. The Bertz CT molecular complexity index is 1220. The minimum absolute atomic E-state index is 0.237. The van der Waals surface area contributed by atoms with Gasteiger partial charge in [0.25, 0.3) is 5.91 Å². The fourth-order valence-electron chi connectivity index (χ4n) is 3.82. The van der Waals surface area contributed by atoms with E-state index in [0.717, 1.165) is 27.5 Å². The summed E-state index contributed by atoms with van der Waals surface area (Å²) >= 11 is 6.02. The number of hydrogen-bond acceptors (Lipinski definition) is 2. The van der Waals surface area contributed by atoms with Gasteiger partial charge in [-0.15, -0.1) is 0 Å². The average Bonchev–Trinajstić information content (AvgIpc) is 3.13. The molecule has 0 unspecified atom stereocenters. The van der Waals surface area contributed by atoms with E-state index in [1.807, 2.05) is 26.0 Å². The van der Waals surface area contributed by atoms with Gasteiger partial charge in [-0.3, -0.25) is 4.79 Å². The van der Waals surface area contributed by atoms with Gasteiger partial charge in [0.2, 0.25) is 0 Å². The van der Waals surface area contributed by atoms with E-state index in [1.165, 1.54) is 11.1 Å². The number of carbonyl (C=O) groups is 2. The van der Waals surface area contributed by atoms with E-state index in [9.17, 15) is 9.59 Å². The lowest BCUT2D eigenvalue weighted by molar-refractivity contribution is -0.113. The van der Waals surface area contributed by atoms with Gasteiger partial charge in [-0.25, -0.2) is 9.69 Å². The van der Waals surface area contributed by atoms with E-state index in [0.29, 0.717) is 10.7 Å². The molecule has 2 heterocycles. The zero-order valence-corrected chi connectivity index (χ0v) is 18.0. The SMILES string of the molecule is Cc1cccc(-n2c(C)cc(/C=C3/NC(=O)N(c4cccc(Cl)c4)C3=O)c2C)c1C. The second-order valence-electron chi connectivity index (χ2n) is 7.49. The lowest BCUT2D eigenvalue weighted by atomic mass is 10.1. The van der Waals surface area contributed by atoms with Gasteiger partial charge in [0.15, 0.2) is 0 Å². The number of aromatic nitrogens is 1. The second-order valence-corrected chi connectivity index (χ2v) is 7.93. The third-order valence-electron chi connectivity index (χ3n) is 5.53. The van der Waals surface area contributed by atoms with Crippen molar-refractivity contribution in [3.63, 3.8) is 0 Å². The maximum absolute atomic E-state index is 12.9. The van der Waals surface area contributed by atoms with Crippen LogP contribution >= 0.6 is 11.6 Å². The van der Waals surface area contributed by atoms with Gasteiger partial charge < -0.3 is 9.88 Å². The molecule has 3 aromatic rings. The van der Waals surface area contributed by atoms with E-state index < -0.39 is 11.9 Å². The highest BCUT2D eigenvalue weighted by Crippen LogP contribution is 2.28. The maximum Gasteiger partial charge on any atom is 0.333 e. The summed E-state index contributed by atoms with van der Waals surface area (Å²) in [6.45, 7) is 8.24. The zero-order chi connectivity index (χ0) is 21.6. The highest BCUT2D eigenvalue weighted by Gasteiger charge is 2.35. The number of nitrogens with zero attached hydrogens (tertiary/aromatic N) is 2. The molecule has 1 aromatic heterocycles. The Morgan fingerprint density at radius 3 is 2.43 bits per heavy atom. The van der Waals surface area contributed by atoms with Crippen molar-refractivity contribution in [3.05, 3.63) is 87.3 Å². The Kier molecular flexibility index (Phi) is 5.00. The molecule has 30 heavy (non-hydrogen) atoms. The number of nitrogens with one attached hydrogen (secondary N) is 1. The van der Waals surface area contributed by atoms with E-state index in [1.54, 1.807) is 30.3 Å². The Balaban J connectivity index is 1.74. The smallest absolute Gasteiger partial charge is 0.318 e. The Labute approximate surface area is 180 Å². The fourth-order valence-corrected chi connectivity index (χ4v) is 4.01. The van der Waals surface area contributed by atoms with Gasteiger partial charge in [-0.05, 0) is 80.8 Å². The van der Waals surface area contributed by atoms with Gasteiger partial charge in [0, 0.05) is 22.1 Å². The molecule has 0 aliphatic carbocycles. The van der Waals surface area contributed by atoms with Gasteiger partial charge in [-0.2, -0.15) is 0 Å². The molecule has 1 saturated heterocycles. The van der Waals surface area contributed by atoms with Crippen LogP contribution in [0.4, 0.5) is 10.5 Å². The van der Waals surface area contributed by atoms with Crippen LogP contribution in [0.2, 0.25) is 5.02 Å². The molecule has 152 valence electrons. The number of imide groups is 1. The highest BCUT2D eigenvalue weighted by molar-refractivity contribution is 6.32. The van der Waals surface area contributed by atoms with Gasteiger partial charge >= 0.3 is 6.03 Å². The topological polar surface area (TPSA) is 54.3 Å². The molecule has 1 fully saturated rings. The van der Waals surface area contributed by atoms with Crippen molar-refractivity contribution < 1.29 is 9.59 Å². The van der Waals surface area contributed by atoms with Crippen LogP contribution in [0, 0.1) is 27.7 Å². The first-order valence-electron chi connectivity index (χ1n) is 9.66. The highest BCUT2D eigenvalue weighted by atomic mass is 35.5. The van der Waals surface area contributed by atoms with Gasteiger partial charge in [0.05, 0.1) is 5.69 Å². The zero-order valence-electron chi connectivity index (χ0n) is 17.3. The monoisotopic (exact) mass is 419 g/mol. The molecule has 1 aliphatic heterocycles. The molecule has 1 aliphatic rings. The van der Waals surface area contributed by atoms with Crippen molar-refractivity contribution >= 4 is 35.3 Å². The predicted octanol–water partition coefficient (Wildman–Crippen LogP) is 5.46. The third kappa shape index (κ3) is 3.31. The summed E-state index contributed by atoms with van der Waals surface area (Å²) < 4.78 is 2.17.